The second-order valence-corrected chi connectivity index (χ2v) is 5.09. The Bertz CT molecular complexity index is 427. The maximum atomic E-state index is 11.8. The van der Waals surface area contributed by atoms with Crippen LogP contribution < -0.4 is 10.2 Å². The molecule has 0 saturated heterocycles. The van der Waals surface area contributed by atoms with Gasteiger partial charge in [0.25, 0.3) is 5.91 Å². The summed E-state index contributed by atoms with van der Waals surface area (Å²) in [5.41, 5.74) is 0.500. The molecular formula is C14H23N3O2. The zero-order valence-electron chi connectivity index (χ0n) is 12.1. The van der Waals surface area contributed by atoms with Crippen LogP contribution >= 0.6 is 0 Å². The Morgan fingerprint density at radius 1 is 1.47 bits per heavy atom. The van der Waals surface area contributed by atoms with Crippen LogP contribution in [0.2, 0.25) is 0 Å². The lowest BCUT2D eigenvalue weighted by atomic mass is 10.1. The van der Waals surface area contributed by atoms with Crippen LogP contribution in [0.5, 0.6) is 0 Å². The van der Waals surface area contributed by atoms with Gasteiger partial charge in [-0.3, -0.25) is 9.78 Å². The number of nitrogens with one attached hydrogen (secondary N) is 1. The minimum absolute atomic E-state index is 0.177. The number of pyridine rings is 1. The molecule has 0 aliphatic heterocycles. The van der Waals surface area contributed by atoms with E-state index in [0.717, 1.165) is 12.2 Å². The van der Waals surface area contributed by atoms with E-state index in [2.05, 4.69) is 10.3 Å². The quantitative estimate of drug-likeness (QED) is 0.816. The molecule has 0 bridgehead atoms. The van der Waals surface area contributed by atoms with Gasteiger partial charge in [0.15, 0.2) is 0 Å². The predicted octanol–water partition coefficient (Wildman–Crippen LogP) is 1.43. The number of carbonyl (C=O) groups excluding carboxylic acids is 1. The summed E-state index contributed by atoms with van der Waals surface area (Å²) < 4.78 is 0. The van der Waals surface area contributed by atoms with Gasteiger partial charge in [-0.25, -0.2) is 0 Å². The molecule has 0 radical (unpaired) electrons. The Morgan fingerprint density at radius 3 is 2.68 bits per heavy atom. The van der Waals surface area contributed by atoms with E-state index in [9.17, 15) is 9.90 Å². The summed E-state index contributed by atoms with van der Waals surface area (Å²) in [5, 5.41) is 12.6. The highest BCUT2D eigenvalue weighted by Gasteiger charge is 2.18. The van der Waals surface area contributed by atoms with Crippen LogP contribution in [-0.4, -0.2) is 41.2 Å². The number of amides is 1. The number of likely N-dealkylation sites (N-methyl/N-ethyl adjacent to an activating group) is 1. The summed E-state index contributed by atoms with van der Waals surface area (Å²) >= 11 is 0. The molecule has 1 aromatic rings. The molecule has 1 heterocycles. The molecule has 1 amide bonds. The van der Waals surface area contributed by atoms with E-state index < -0.39 is 5.60 Å². The van der Waals surface area contributed by atoms with Gasteiger partial charge in [0.05, 0.1) is 5.60 Å². The molecule has 2 N–H and O–H groups in total. The van der Waals surface area contributed by atoms with E-state index in [1.807, 2.05) is 24.8 Å². The zero-order chi connectivity index (χ0) is 14.5. The number of rotatable bonds is 6. The molecular weight excluding hydrogens is 242 g/mol. The predicted molar refractivity (Wildman–Crippen MR) is 76.4 cm³/mol. The molecule has 0 saturated carbocycles. The molecule has 0 atom stereocenters. The molecule has 1 aromatic heterocycles. The van der Waals surface area contributed by atoms with Crippen molar-refractivity contribution in [1.29, 1.82) is 0 Å². The average molecular weight is 265 g/mol. The average Bonchev–Trinajstić information content (AvgIpc) is 2.35. The van der Waals surface area contributed by atoms with Gasteiger partial charge in [0, 0.05) is 31.5 Å². The van der Waals surface area contributed by atoms with Crippen molar-refractivity contribution in [2.45, 2.75) is 33.3 Å². The maximum absolute atomic E-state index is 11.8. The summed E-state index contributed by atoms with van der Waals surface area (Å²) in [4.78, 5) is 17.8. The number of carbonyl (C=O) groups is 1. The topological polar surface area (TPSA) is 65.5 Å². The van der Waals surface area contributed by atoms with Gasteiger partial charge in [-0.05, 0) is 39.8 Å². The summed E-state index contributed by atoms with van der Waals surface area (Å²) in [7, 11) is 0. The standard InChI is InChI=1S/C14H23N3O2/c1-5-15-13(18)12-9-11(7-8-16-12)17(6-2)10-14(3,4)19/h7-9,19H,5-6,10H2,1-4H3,(H,15,18). The molecule has 0 unspecified atom stereocenters. The molecule has 19 heavy (non-hydrogen) atoms. The molecule has 1 rings (SSSR count). The van der Waals surface area contributed by atoms with E-state index >= 15 is 0 Å². The fourth-order valence-corrected chi connectivity index (χ4v) is 1.84. The third kappa shape index (κ3) is 4.87. The van der Waals surface area contributed by atoms with E-state index in [0.29, 0.717) is 18.8 Å². The summed E-state index contributed by atoms with van der Waals surface area (Å²) in [6.45, 7) is 9.24. The van der Waals surface area contributed by atoms with Crippen molar-refractivity contribution in [1.82, 2.24) is 10.3 Å². The van der Waals surface area contributed by atoms with Crippen LogP contribution in [0.25, 0.3) is 0 Å². The lowest BCUT2D eigenvalue weighted by molar-refractivity contribution is 0.0876. The van der Waals surface area contributed by atoms with Crippen molar-refractivity contribution >= 4 is 11.6 Å². The van der Waals surface area contributed by atoms with Crippen molar-refractivity contribution in [3.8, 4) is 0 Å². The summed E-state index contributed by atoms with van der Waals surface area (Å²) in [6, 6.07) is 3.60. The lowest BCUT2D eigenvalue weighted by Crippen LogP contribution is -2.38. The third-order valence-corrected chi connectivity index (χ3v) is 2.64. The van der Waals surface area contributed by atoms with Crippen LogP contribution in [0.4, 0.5) is 5.69 Å². The monoisotopic (exact) mass is 265 g/mol. The highest BCUT2D eigenvalue weighted by molar-refractivity contribution is 5.93. The first-order valence-electron chi connectivity index (χ1n) is 6.59. The van der Waals surface area contributed by atoms with Crippen molar-refractivity contribution in [2.75, 3.05) is 24.5 Å². The number of anilines is 1. The minimum atomic E-state index is -0.787. The molecule has 0 aliphatic rings. The Hall–Kier alpha value is -1.62. The number of hydrogen-bond acceptors (Lipinski definition) is 4. The largest absolute Gasteiger partial charge is 0.389 e. The first-order chi connectivity index (χ1) is 8.87. The minimum Gasteiger partial charge on any atom is -0.389 e. The second kappa shape index (κ2) is 6.52. The highest BCUT2D eigenvalue weighted by atomic mass is 16.3. The van der Waals surface area contributed by atoms with Gasteiger partial charge >= 0.3 is 0 Å². The molecule has 0 aromatic carbocycles. The number of nitrogens with zero attached hydrogens (tertiary/aromatic N) is 2. The van der Waals surface area contributed by atoms with Crippen LogP contribution in [-0.2, 0) is 0 Å². The van der Waals surface area contributed by atoms with Gasteiger partial charge < -0.3 is 15.3 Å². The maximum Gasteiger partial charge on any atom is 0.269 e. The van der Waals surface area contributed by atoms with E-state index in [1.165, 1.54) is 0 Å². The van der Waals surface area contributed by atoms with Crippen molar-refractivity contribution < 1.29 is 9.90 Å². The van der Waals surface area contributed by atoms with Crippen LogP contribution in [0.15, 0.2) is 18.3 Å². The molecule has 0 fully saturated rings. The van der Waals surface area contributed by atoms with Gasteiger partial charge in [-0.2, -0.15) is 0 Å². The second-order valence-electron chi connectivity index (χ2n) is 5.09. The Balaban J connectivity index is 2.93. The van der Waals surface area contributed by atoms with Gasteiger partial charge in [0.2, 0.25) is 0 Å². The molecule has 5 heteroatoms. The number of hydrogen-bond donors (Lipinski definition) is 2. The molecule has 0 spiro atoms. The van der Waals surface area contributed by atoms with Gasteiger partial charge in [0.1, 0.15) is 5.69 Å². The summed E-state index contributed by atoms with van der Waals surface area (Å²) in [5.74, 6) is -0.177. The fourth-order valence-electron chi connectivity index (χ4n) is 1.84. The van der Waals surface area contributed by atoms with E-state index in [-0.39, 0.29) is 5.91 Å². The lowest BCUT2D eigenvalue weighted by Gasteiger charge is -2.30. The third-order valence-electron chi connectivity index (χ3n) is 2.64. The smallest absolute Gasteiger partial charge is 0.269 e. The van der Waals surface area contributed by atoms with Crippen LogP contribution in [0.1, 0.15) is 38.2 Å². The Morgan fingerprint density at radius 2 is 2.16 bits per heavy atom. The van der Waals surface area contributed by atoms with Gasteiger partial charge in [-0.1, -0.05) is 0 Å². The number of aromatic nitrogens is 1. The summed E-state index contributed by atoms with van der Waals surface area (Å²) in [6.07, 6.45) is 1.62. The molecule has 0 aliphatic carbocycles. The Labute approximate surface area is 114 Å². The van der Waals surface area contributed by atoms with Crippen molar-refractivity contribution in [3.63, 3.8) is 0 Å². The van der Waals surface area contributed by atoms with Crippen LogP contribution in [0.3, 0.4) is 0 Å². The van der Waals surface area contributed by atoms with Crippen molar-refractivity contribution in [3.05, 3.63) is 24.0 Å². The molecule has 5 nitrogen and oxygen atoms in total. The first kappa shape index (κ1) is 15.4. The fraction of sp³-hybridized carbons (Fsp3) is 0.571. The zero-order valence-corrected chi connectivity index (χ0v) is 12.1. The molecule has 106 valence electrons. The normalized spacial score (nSPS) is 11.2. The number of aliphatic hydroxyl groups is 1. The Kier molecular flexibility index (Phi) is 5.30. The SMILES string of the molecule is CCNC(=O)c1cc(N(CC)CC(C)(C)O)ccn1. The van der Waals surface area contributed by atoms with Crippen LogP contribution in [0, 0.1) is 0 Å². The van der Waals surface area contributed by atoms with E-state index in [1.54, 1.807) is 26.1 Å². The highest BCUT2D eigenvalue weighted by Crippen LogP contribution is 2.17. The van der Waals surface area contributed by atoms with Gasteiger partial charge in [-0.15, -0.1) is 0 Å². The van der Waals surface area contributed by atoms with Crippen molar-refractivity contribution in [2.24, 2.45) is 0 Å². The van der Waals surface area contributed by atoms with E-state index in [4.69, 9.17) is 0 Å². The first-order valence-corrected chi connectivity index (χ1v) is 6.59.